The summed E-state index contributed by atoms with van der Waals surface area (Å²) in [7, 11) is -4.22. The van der Waals surface area contributed by atoms with Gasteiger partial charge in [-0.25, -0.2) is 8.42 Å². The average Bonchev–Trinajstić information content (AvgIpc) is 3.04. The highest BCUT2D eigenvalue weighted by Gasteiger charge is 2.35. The Morgan fingerprint density at radius 2 is 1.44 bits per heavy atom. The van der Waals surface area contributed by atoms with Crippen LogP contribution in [0.5, 0.6) is 0 Å². The smallest absolute Gasteiger partial charge is 0.264 e. The van der Waals surface area contributed by atoms with Gasteiger partial charge in [-0.3, -0.25) is 13.9 Å². The quantitative estimate of drug-likeness (QED) is 0.166. The van der Waals surface area contributed by atoms with Crippen LogP contribution in [-0.4, -0.2) is 43.8 Å². The molecule has 0 aromatic heterocycles. The summed E-state index contributed by atoms with van der Waals surface area (Å²) in [4.78, 5) is 29.9. The molecule has 1 N–H and O–H groups in total. The van der Waals surface area contributed by atoms with Crippen molar-refractivity contribution in [3.05, 3.63) is 130 Å². The largest absolute Gasteiger partial charge is 0.352 e. The standard InChI is InChI=1S/C35H37Cl2N3O4S/c1-4-25(2)38-35(42)33(22-27-12-7-5-8-13-27)39(23-28-18-20-29(36)21-19-28)34(41)24-40(32-17-11-16-31(37)26(32)3)45(43,44)30-14-9-6-10-15-30/h5-21,25,33H,4,22-24H2,1-3H3,(H,38,42). The summed E-state index contributed by atoms with van der Waals surface area (Å²) in [6.45, 7) is 5.06. The zero-order chi connectivity index (χ0) is 32.6. The van der Waals surface area contributed by atoms with E-state index in [1.165, 1.54) is 17.0 Å². The summed E-state index contributed by atoms with van der Waals surface area (Å²) in [6, 6.07) is 28.2. The number of sulfonamides is 1. The van der Waals surface area contributed by atoms with Crippen molar-refractivity contribution in [2.24, 2.45) is 0 Å². The van der Waals surface area contributed by atoms with E-state index in [1.54, 1.807) is 67.6 Å². The van der Waals surface area contributed by atoms with Crippen molar-refractivity contribution in [3.8, 4) is 0 Å². The highest BCUT2D eigenvalue weighted by atomic mass is 35.5. The molecule has 0 bridgehead atoms. The number of amides is 2. The average molecular weight is 667 g/mol. The van der Waals surface area contributed by atoms with Gasteiger partial charge in [0.2, 0.25) is 11.8 Å². The molecule has 0 radical (unpaired) electrons. The van der Waals surface area contributed by atoms with Crippen LogP contribution in [0, 0.1) is 6.92 Å². The lowest BCUT2D eigenvalue weighted by molar-refractivity contribution is -0.140. The van der Waals surface area contributed by atoms with Gasteiger partial charge in [-0.1, -0.05) is 96.9 Å². The fourth-order valence-corrected chi connectivity index (χ4v) is 6.67. The molecule has 2 atom stereocenters. The second-order valence-electron chi connectivity index (χ2n) is 10.9. The van der Waals surface area contributed by atoms with Crippen molar-refractivity contribution in [1.82, 2.24) is 10.2 Å². The number of nitrogens with one attached hydrogen (secondary N) is 1. The molecule has 0 fully saturated rings. The Morgan fingerprint density at radius 3 is 2.07 bits per heavy atom. The summed E-state index contributed by atoms with van der Waals surface area (Å²) < 4.78 is 29.4. The van der Waals surface area contributed by atoms with Gasteiger partial charge in [-0.2, -0.15) is 0 Å². The number of hydrogen-bond donors (Lipinski definition) is 1. The van der Waals surface area contributed by atoms with Gasteiger partial charge in [-0.05, 0) is 73.4 Å². The van der Waals surface area contributed by atoms with E-state index < -0.39 is 28.5 Å². The lowest BCUT2D eigenvalue weighted by Crippen LogP contribution is -2.54. The van der Waals surface area contributed by atoms with Crippen LogP contribution in [0.3, 0.4) is 0 Å². The van der Waals surface area contributed by atoms with E-state index in [9.17, 15) is 18.0 Å². The number of carbonyl (C=O) groups is 2. The van der Waals surface area contributed by atoms with Crippen LogP contribution in [0.25, 0.3) is 0 Å². The molecular formula is C35H37Cl2N3O4S. The fourth-order valence-electron chi connectivity index (χ4n) is 4.88. The van der Waals surface area contributed by atoms with Crippen LogP contribution in [0.2, 0.25) is 10.0 Å². The van der Waals surface area contributed by atoms with E-state index >= 15 is 0 Å². The van der Waals surface area contributed by atoms with Gasteiger partial charge >= 0.3 is 0 Å². The van der Waals surface area contributed by atoms with E-state index in [1.807, 2.05) is 44.2 Å². The van der Waals surface area contributed by atoms with E-state index in [0.29, 0.717) is 22.0 Å². The van der Waals surface area contributed by atoms with Crippen LogP contribution in [0.1, 0.15) is 37.0 Å². The third-order valence-electron chi connectivity index (χ3n) is 7.66. The molecule has 0 aliphatic rings. The predicted octanol–water partition coefficient (Wildman–Crippen LogP) is 7.05. The second-order valence-corrected chi connectivity index (χ2v) is 13.6. The van der Waals surface area contributed by atoms with Crippen LogP contribution < -0.4 is 9.62 Å². The minimum Gasteiger partial charge on any atom is -0.352 e. The van der Waals surface area contributed by atoms with Gasteiger partial charge in [0.1, 0.15) is 12.6 Å². The van der Waals surface area contributed by atoms with Gasteiger partial charge in [0.05, 0.1) is 10.6 Å². The Bertz CT molecular complexity index is 1700. The fraction of sp³-hybridized carbons (Fsp3) is 0.257. The third kappa shape index (κ3) is 8.66. The molecule has 4 aromatic carbocycles. The molecular weight excluding hydrogens is 629 g/mol. The first-order valence-corrected chi connectivity index (χ1v) is 16.9. The molecule has 0 spiro atoms. The number of anilines is 1. The maximum atomic E-state index is 14.5. The highest BCUT2D eigenvalue weighted by Crippen LogP contribution is 2.31. The number of benzene rings is 4. The van der Waals surface area contributed by atoms with Crippen LogP contribution in [0.4, 0.5) is 5.69 Å². The molecule has 0 saturated carbocycles. The van der Waals surface area contributed by atoms with Gasteiger partial charge in [-0.15, -0.1) is 0 Å². The molecule has 0 aliphatic heterocycles. The topological polar surface area (TPSA) is 86.8 Å². The molecule has 0 heterocycles. The first-order chi connectivity index (χ1) is 21.5. The summed E-state index contributed by atoms with van der Waals surface area (Å²) in [6.07, 6.45) is 0.927. The third-order valence-corrected chi connectivity index (χ3v) is 10.1. The van der Waals surface area contributed by atoms with E-state index in [4.69, 9.17) is 23.2 Å². The minimum atomic E-state index is -4.22. The lowest BCUT2D eigenvalue weighted by atomic mass is 10.0. The lowest BCUT2D eigenvalue weighted by Gasteiger charge is -2.34. The van der Waals surface area contributed by atoms with Gasteiger partial charge < -0.3 is 10.2 Å². The van der Waals surface area contributed by atoms with Crippen LogP contribution in [0.15, 0.2) is 108 Å². The summed E-state index contributed by atoms with van der Waals surface area (Å²) in [5.41, 5.74) is 2.37. The monoisotopic (exact) mass is 665 g/mol. The second kappa shape index (κ2) is 15.4. The molecule has 2 unspecified atom stereocenters. The highest BCUT2D eigenvalue weighted by molar-refractivity contribution is 7.92. The molecule has 236 valence electrons. The normalized spacial score (nSPS) is 12.6. The molecule has 45 heavy (non-hydrogen) atoms. The van der Waals surface area contributed by atoms with Gasteiger partial charge in [0.15, 0.2) is 0 Å². The van der Waals surface area contributed by atoms with Crippen molar-refractivity contribution in [2.45, 2.75) is 57.1 Å². The molecule has 4 rings (SSSR count). The summed E-state index contributed by atoms with van der Waals surface area (Å²) in [5, 5.41) is 3.93. The molecule has 0 saturated heterocycles. The molecule has 10 heteroatoms. The Kier molecular flexibility index (Phi) is 11.7. The maximum Gasteiger partial charge on any atom is 0.264 e. The van der Waals surface area contributed by atoms with E-state index in [2.05, 4.69) is 5.32 Å². The van der Waals surface area contributed by atoms with Crippen LogP contribution in [-0.2, 0) is 32.6 Å². The first kappa shape index (κ1) is 34.0. The van der Waals surface area contributed by atoms with Crippen molar-refractivity contribution in [3.63, 3.8) is 0 Å². The number of hydrogen-bond acceptors (Lipinski definition) is 4. The summed E-state index contributed by atoms with van der Waals surface area (Å²) in [5.74, 6) is -0.879. The van der Waals surface area contributed by atoms with E-state index in [-0.39, 0.29) is 35.5 Å². The predicted molar refractivity (Wildman–Crippen MR) is 181 cm³/mol. The Morgan fingerprint density at radius 1 is 0.822 bits per heavy atom. The van der Waals surface area contributed by atoms with Crippen molar-refractivity contribution in [1.29, 1.82) is 0 Å². The molecule has 2 amide bonds. The van der Waals surface area contributed by atoms with Gasteiger partial charge in [0, 0.05) is 29.1 Å². The zero-order valence-corrected chi connectivity index (χ0v) is 27.8. The van der Waals surface area contributed by atoms with Crippen molar-refractivity contribution in [2.75, 3.05) is 10.8 Å². The molecule has 0 aliphatic carbocycles. The number of nitrogens with zero attached hydrogens (tertiary/aromatic N) is 2. The number of halogens is 2. The maximum absolute atomic E-state index is 14.5. The Labute approximate surface area is 275 Å². The number of carbonyl (C=O) groups excluding carboxylic acids is 2. The minimum absolute atomic E-state index is 0.0248. The number of rotatable bonds is 13. The first-order valence-electron chi connectivity index (χ1n) is 14.7. The molecule has 7 nitrogen and oxygen atoms in total. The Balaban J connectivity index is 1.83. The van der Waals surface area contributed by atoms with Gasteiger partial charge in [0.25, 0.3) is 10.0 Å². The zero-order valence-electron chi connectivity index (χ0n) is 25.5. The van der Waals surface area contributed by atoms with Crippen molar-refractivity contribution >= 4 is 50.7 Å². The Hall–Kier alpha value is -3.85. The SMILES string of the molecule is CCC(C)NC(=O)C(Cc1ccccc1)N(Cc1ccc(Cl)cc1)C(=O)CN(c1cccc(Cl)c1C)S(=O)(=O)c1ccccc1. The van der Waals surface area contributed by atoms with Crippen molar-refractivity contribution < 1.29 is 18.0 Å². The van der Waals surface area contributed by atoms with Crippen LogP contribution >= 0.6 is 23.2 Å². The summed E-state index contributed by atoms with van der Waals surface area (Å²) >= 11 is 12.6. The van der Waals surface area contributed by atoms with E-state index in [0.717, 1.165) is 15.4 Å². The molecule has 4 aromatic rings.